The Kier molecular flexibility index (Phi) is 5.14. The minimum atomic E-state index is 0.145. The lowest BCUT2D eigenvalue weighted by atomic mass is 9.98. The molecule has 100 valence electrons. The van der Waals surface area contributed by atoms with Crippen molar-refractivity contribution in [1.29, 1.82) is 0 Å². The molecule has 0 spiro atoms. The van der Waals surface area contributed by atoms with Crippen molar-refractivity contribution in [3.63, 3.8) is 0 Å². The van der Waals surface area contributed by atoms with Crippen LogP contribution >= 0.6 is 15.9 Å². The second kappa shape index (κ2) is 6.85. The van der Waals surface area contributed by atoms with E-state index in [4.69, 9.17) is 5.84 Å². The third-order valence-corrected chi connectivity index (χ3v) is 3.87. The highest BCUT2D eigenvalue weighted by molar-refractivity contribution is 9.10. The van der Waals surface area contributed by atoms with Gasteiger partial charge in [-0.2, -0.15) is 0 Å². The van der Waals surface area contributed by atoms with Gasteiger partial charge in [0.2, 0.25) is 0 Å². The van der Waals surface area contributed by atoms with Crippen molar-refractivity contribution in [2.75, 3.05) is 0 Å². The van der Waals surface area contributed by atoms with E-state index < -0.39 is 0 Å². The van der Waals surface area contributed by atoms with Gasteiger partial charge in [-0.05, 0) is 41.7 Å². The zero-order valence-corrected chi connectivity index (χ0v) is 12.7. The molecule has 2 rings (SSSR count). The molecule has 2 aromatic rings. The van der Waals surface area contributed by atoms with E-state index in [0.29, 0.717) is 0 Å². The summed E-state index contributed by atoms with van der Waals surface area (Å²) in [6, 6.07) is 17.1. The second-order valence-corrected chi connectivity index (χ2v) is 5.56. The summed E-state index contributed by atoms with van der Waals surface area (Å²) in [7, 11) is 0. The number of halogens is 1. The first kappa shape index (κ1) is 14.3. The van der Waals surface area contributed by atoms with Gasteiger partial charge in [-0.1, -0.05) is 59.3 Å². The molecule has 0 radical (unpaired) electrons. The molecule has 3 N–H and O–H groups in total. The fourth-order valence-electron chi connectivity index (χ4n) is 2.11. The number of benzene rings is 2. The van der Waals surface area contributed by atoms with Crippen molar-refractivity contribution >= 4 is 15.9 Å². The lowest BCUT2D eigenvalue weighted by Crippen LogP contribution is -2.29. The number of rotatable bonds is 5. The number of nitrogens with two attached hydrogens (primary N) is 1. The number of hydrogen-bond donors (Lipinski definition) is 2. The summed E-state index contributed by atoms with van der Waals surface area (Å²) in [5.41, 5.74) is 6.75. The van der Waals surface area contributed by atoms with Crippen LogP contribution in [0, 0.1) is 0 Å². The van der Waals surface area contributed by atoms with Gasteiger partial charge < -0.3 is 0 Å². The van der Waals surface area contributed by atoms with Gasteiger partial charge in [0.15, 0.2) is 0 Å². The second-order valence-electron chi connectivity index (χ2n) is 4.64. The van der Waals surface area contributed by atoms with Crippen LogP contribution in [0.2, 0.25) is 0 Å². The lowest BCUT2D eigenvalue weighted by Gasteiger charge is -2.17. The summed E-state index contributed by atoms with van der Waals surface area (Å²) < 4.78 is 1.10. The van der Waals surface area contributed by atoms with Crippen molar-refractivity contribution in [3.05, 3.63) is 69.7 Å². The lowest BCUT2D eigenvalue weighted by molar-refractivity contribution is 0.552. The first-order valence-electron chi connectivity index (χ1n) is 6.52. The SMILES string of the molecule is CCc1ccc(C(Cc2ccc(Br)cc2)NN)cc1. The van der Waals surface area contributed by atoms with Crippen molar-refractivity contribution in [2.45, 2.75) is 25.8 Å². The van der Waals surface area contributed by atoms with Crippen LogP contribution in [0.3, 0.4) is 0 Å². The van der Waals surface area contributed by atoms with E-state index in [1.807, 2.05) is 0 Å². The Morgan fingerprint density at radius 2 is 1.58 bits per heavy atom. The smallest absolute Gasteiger partial charge is 0.0500 e. The molecule has 3 heteroatoms. The fourth-order valence-corrected chi connectivity index (χ4v) is 2.38. The van der Waals surface area contributed by atoms with Crippen LogP contribution in [-0.2, 0) is 12.8 Å². The summed E-state index contributed by atoms with van der Waals surface area (Å²) in [6.07, 6.45) is 1.95. The minimum absolute atomic E-state index is 0.145. The van der Waals surface area contributed by atoms with E-state index in [2.05, 4.69) is 76.8 Å². The average molecular weight is 319 g/mol. The Morgan fingerprint density at radius 3 is 2.11 bits per heavy atom. The molecular formula is C16H19BrN2. The molecule has 1 unspecified atom stereocenters. The van der Waals surface area contributed by atoms with Gasteiger partial charge in [-0.15, -0.1) is 0 Å². The van der Waals surface area contributed by atoms with Crippen molar-refractivity contribution in [1.82, 2.24) is 5.43 Å². The van der Waals surface area contributed by atoms with Crippen LogP contribution in [0.5, 0.6) is 0 Å². The number of aryl methyl sites for hydroxylation is 1. The summed E-state index contributed by atoms with van der Waals surface area (Å²) in [5, 5.41) is 0. The van der Waals surface area contributed by atoms with Gasteiger partial charge in [0.1, 0.15) is 0 Å². The molecule has 2 aromatic carbocycles. The fraction of sp³-hybridized carbons (Fsp3) is 0.250. The Hall–Kier alpha value is -1.16. The van der Waals surface area contributed by atoms with E-state index in [1.54, 1.807) is 0 Å². The monoisotopic (exact) mass is 318 g/mol. The van der Waals surface area contributed by atoms with Gasteiger partial charge in [0, 0.05) is 10.5 Å². The normalized spacial score (nSPS) is 12.4. The largest absolute Gasteiger partial charge is 0.271 e. The van der Waals surface area contributed by atoms with Crippen LogP contribution < -0.4 is 11.3 Å². The molecule has 0 bridgehead atoms. The summed E-state index contributed by atoms with van der Waals surface area (Å²) >= 11 is 3.45. The van der Waals surface area contributed by atoms with Crippen molar-refractivity contribution in [3.8, 4) is 0 Å². The Morgan fingerprint density at radius 1 is 1.00 bits per heavy atom. The van der Waals surface area contributed by atoms with E-state index in [0.717, 1.165) is 17.3 Å². The number of hydrazine groups is 1. The van der Waals surface area contributed by atoms with Gasteiger partial charge >= 0.3 is 0 Å². The molecule has 19 heavy (non-hydrogen) atoms. The van der Waals surface area contributed by atoms with Crippen LogP contribution in [-0.4, -0.2) is 0 Å². The molecule has 1 atom stereocenters. The van der Waals surface area contributed by atoms with E-state index in [9.17, 15) is 0 Å². The molecule has 0 aromatic heterocycles. The molecule has 0 fully saturated rings. The zero-order valence-electron chi connectivity index (χ0n) is 11.1. The Labute approximate surface area is 123 Å². The van der Waals surface area contributed by atoms with E-state index >= 15 is 0 Å². The van der Waals surface area contributed by atoms with E-state index in [1.165, 1.54) is 16.7 Å². The molecule has 0 aliphatic carbocycles. The molecule has 0 saturated heterocycles. The van der Waals surface area contributed by atoms with Crippen LogP contribution in [0.4, 0.5) is 0 Å². The predicted octanol–water partition coefficient (Wildman–Crippen LogP) is 3.76. The van der Waals surface area contributed by atoms with Gasteiger partial charge in [0.25, 0.3) is 0 Å². The molecule has 0 saturated carbocycles. The molecule has 0 heterocycles. The molecule has 2 nitrogen and oxygen atoms in total. The highest BCUT2D eigenvalue weighted by atomic mass is 79.9. The van der Waals surface area contributed by atoms with Gasteiger partial charge in [0.05, 0.1) is 0 Å². The minimum Gasteiger partial charge on any atom is -0.271 e. The van der Waals surface area contributed by atoms with Crippen molar-refractivity contribution in [2.24, 2.45) is 5.84 Å². The van der Waals surface area contributed by atoms with Gasteiger partial charge in [-0.3, -0.25) is 11.3 Å². The standard InChI is InChI=1S/C16H19BrN2/c1-2-12-3-7-14(8-4-12)16(19-18)11-13-5-9-15(17)10-6-13/h3-10,16,19H,2,11,18H2,1H3. The first-order valence-corrected chi connectivity index (χ1v) is 7.31. The number of nitrogens with one attached hydrogen (secondary N) is 1. The topological polar surface area (TPSA) is 38.0 Å². The predicted molar refractivity (Wildman–Crippen MR) is 83.7 cm³/mol. The third-order valence-electron chi connectivity index (χ3n) is 3.34. The third kappa shape index (κ3) is 3.90. The average Bonchev–Trinajstić information content (AvgIpc) is 2.47. The maximum Gasteiger partial charge on any atom is 0.0500 e. The summed E-state index contributed by atoms with van der Waals surface area (Å²) in [4.78, 5) is 0. The highest BCUT2D eigenvalue weighted by Crippen LogP contribution is 2.20. The summed E-state index contributed by atoms with van der Waals surface area (Å²) in [6.45, 7) is 2.16. The molecule has 0 aliphatic heterocycles. The maximum absolute atomic E-state index is 5.69. The van der Waals surface area contributed by atoms with Gasteiger partial charge in [-0.25, -0.2) is 0 Å². The highest BCUT2D eigenvalue weighted by Gasteiger charge is 2.10. The molecule has 0 aliphatic rings. The van der Waals surface area contributed by atoms with Crippen molar-refractivity contribution < 1.29 is 0 Å². The van der Waals surface area contributed by atoms with Crippen LogP contribution in [0.1, 0.15) is 29.7 Å². The number of hydrogen-bond acceptors (Lipinski definition) is 2. The Balaban J connectivity index is 2.12. The van der Waals surface area contributed by atoms with Crippen LogP contribution in [0.15, 0.2) is 53.0 Å². The zero-order chi connectivity index (χ0) is 13.7. The first-order chi connectivity index (χ1) is 9.22. The quantitative estimate of drug-likeness (QED) is 0.650. The van der Waals surface area contributed by atoms with E-state index in [-0.39, 0.29) is 6.04 Å². The Bertz CT molecular complexity index is 505. The molecule has 0 amide bonds. The summed E-state index contributed by atoms with van der Waals surface area (Å²) in [5.74, 6) is 5.69. The maximum atomic E-state index is 5.69. The molecular weight excluding hydrogens is 300 g/mol. The van der Waals surface area contributed by atoms with Crippen LogP contribution in [0.25, 0.3) is 0 Å².